The molecule has 0 amide bonds. The topological polar surface area (TPSA) is 12.0 Å². The lowest BCUT2D eigenvalue weighted by atomic mass is 10.0. The van der Waals surface area contributed by atoms with Crippen molar-refractivity contribution >= 4 is 27.9 Å². The number of benzene rings is 1. The Hall–Kier alpha value is -0.250. The van der Waals surface area contributed by atoms with E-state index in [2.05, 4.69) is 72.3 Å². The van der Waals surface area contributed by atoms with E-state index in [9.17, 15) is 0 Å². The third kappa shape index (κ3) is 6.07. The zero-order chi connectivity index (χ0) is 13.6. The minimum atomic E-state index is 0.224. The van der Waals surface area contributed by atoms with Gasteiger partial charge in [0.1, 0.15) is 0 Å². The van der Waals surface area contributed by atoms with Gasteiger partial charge in [-0.1, -0.05) is 46.1 Å². The van der Waals surface area contributed by atoms with E-state index in [1.54, 1.807) is 11.9 Å². The number of allylic oxidation sites excluding steroid dienone is 1. The minimum absolute atomic E-state index is 0.224. The summed E-state index contributed by atoms with van der Waals surface area (Å²) in [5, 5.41) is 0. The maximum atomic E-state index is 3.81. The van der Waals surface area contributed by atoms with Crippen LogP contribution in [0, 0.1) is 0 Å². The van der Waals surface area contributed by atoms with Crippen molar-refractivity contribution in [3.63, 3.8) is 0 Å². The molecule has 1 atom stereocenters. The molecule has 0 aliphatic heterocycles. The molecule has 0 spiro atoms. The number of halogens is 1. The molecule has 0 aliphatic carbocycles. The second-order valence-electron chi connectivity index (χ2n) is 5.30. The lowest BCUT2D eigenvalue weighted by Gasteiger charge is -2.24. The van der Waals surface area contributed by atoms with Crippen LogP contribution in [0.5, 0.6) is 0 Å². The Morgan fingerprint density at radius 1 is 1.33 bits per heavy atom. The first-order chi connectivity index (χ1) is 8.42. The molecule has 1 nitrogen and oxygen atoms in total. The fourth-order valence-electron chi connectivity index (χ4n) is 1.52. The predicted molar refractivity (Wildman–Crippen MR) is 86.8 cm³/mol. The first kappa shape index (κ1) is 15.8. The number of hydrogen-bond donors (Lipinski definition) is 1. The summed E-state index contributed by atoms with van der Waals surface area (Å²) in [6.45, 7) is 10.5. The number of hydrogen-bond acceptors (Lipinski definition) is 2. The van der Waals surface area contributed by atoms with E-state index in [-0.39, 0.29) is 4.75 Å². The summed E-state index contributed by atoms with van der Waals surface area (Å²) in [4.78, 5) is 0. The van der Waals surface area contributed by atoms with Crippen molar-refractivity contribution in [2.75, 3.05) is 0 Å². The fraction of sp³-hybridized carbons (Fsp3) is 0.467. The second kappa shape index (κ2) is 7.37. The zero-order valence-electron chi connectivity index (χ0n) is 11.4. The highest BCUT2D eigenvalue weighted by molar-refractivity contribution is 9.10. The van der Waals surface area contributed by atoms with E-state index >= 15 is 0 Å². The molecule has 0 fully saturated rings. The number of rotatable bonds is 6. The van der Waals surface area contributed by atoms with Crippen LogP contribution in [0.2, 0.25) is 0 Å². The third-order valence-electron chi connectivity index (χ3n) is 2.44. The average molecular weight is 328 g/mol. The van der Waals surface area contributed by atoms with Gasteiger partial charge in [0.15, 0.2) is 0 Å². The standard InChI is InChI=1S/C15H22BrNS/c1-5-6-7-14(17-18-15(2,3)4)12-8-10-13(16)11-9-12/h5,8-11,14,17H,1,6-7H2,2-4H3. The summed E-state index contributed by atoms with van der Waals surface area (Å²) in [5.74, 6) is 0. The van der Waals surface area contributed by atoms with Gasteiger partial charge in [-0.15, -0.1) is 6.58 Å². The summed E-state index contributed by atoms with van der Waals surface area (Å²) >= 11 is 5.27. The average Bonchev–Trinajstić information content (AvgIpc) is 2.29. The van der Waals surface area contributed by atoms with Crippen molar-refractivity contribution in [2.24, 2.45) is 0 Å². The monoisotopic (exact) mass is 327 g/mol. The highest BCUT2D eigenvalue weighted by Gasteiger charge is 2.16. The highest BCUT2D eigenvalue weighted by atomic mass is 79.9. The molecule has 0 heterocycles. The van der Waals surface area contributed by atoms with Crippen LogP contribution in [-0.2, 0) is 0 Å². The molecule has 1 unspecified atom stereocenters. The summed E-state index contributed by atoms with van der Waals surface area (Å²) in [7, 11) is 0. The lowest BCUT2D eigenvalue weighted by molar-refractivity contribution is 0.614. The van der Waals surface area contributed by atoms with Crippen molar-refractivity contribution in [1.29, 1.82) is 0 Å². The van der Waals surface area contributed by atoms with Gasteiger partial charge in [0.25, 0.3) is 0 Å². The third-order valence-corrected chi connectivity index (χ3v) is 3.98. The molecule has 1 rings (SSSR count). The first-order valence-electron chi connectivity index (χ1n) is 6.22. The van der Waals surface area contributed by atoms with Crippen molar-refractivity contribution in [1.82, 2.24) is 4.72 Å². The van der Waals surface area contributed by atoms with E-state index in [1.807, 2.05) is 6.08 Å². The van der Waals surface area contributed by atoms with Crippen molar-refractivity contribution in [3.8, 4) is 0 Å². The maximum Gasteiger partial charge on any atom is 0.0424 e. The molecular weight excluding hydrogens is 306 g/mol. The summed E-state index contributed by atoms with van der Waals surface area (Å²) in [5.41, 5.74) is 1.33. The molecule has 1 aromatic rings. The molecule has 0 saturated heterocycles. The SMILES string of the molecule is C=CCCC(NSC(C)(C)C)c1ccc(Br)cc1. The van der Waals surface area contributed by atoms with Crippen LogP contribution < -0.4 is 4.72 Å². The Morgan fingerprint density at radius 3 is 2.44 bits per heavy atom. The van der Waals surface area contributed by atoms with Crippen LogP contribution in [-0.4, -0.2) is 4.75 Å². The molecule has 100 valence electrons. The molecule has 0 radical (unpaired) electrons. The first-order valence-corrected chi connectivity index (χ1v) is 7.83. The molecule has 1 N–H and O–H groups in total. The fourth-order valence-corrected chi connectivity index (χ4v) is 2.54. The van der Waals surface area contributed by atoms with Gasteiger partial charge in [-0.05, 0) is 51.3 Å². The lowest BCUT2D eigenvalue weighted by Crippen LogP contribution is -2.21. The van der Waals surface area contributed by atoms with Gasteiger partial charge in [-0.2, -0.15) is 0 Å². The summed E-state index contributed by atoms with van der Waals surface area (Å²) in [6.07, 6.45) is 4.09. The van der Waals surface area contributed by atoms with E-state index in [0.717, 1.165) is 17.3 Å². The van der Waals surface area contributed by atoms with Crippen molar-refractivity contribution in [2.45, 2.75) is 44.4 Å². The van der Waals surface area contributed by atoms with Crippen molar-refractivity contribution in [3.05, 3.63) is 47.0 Å². The molecular formula is C15H22BrNS. The predicted octanol–water partition coefficient (Wildman–Crippen LogP) is 5.49. The maximum absolute atomic E-state index is 3.81. The van der Waals surface area contributed by atoms with Gasteiger partial charge in [0.05, 0.1) is 0 Å². The molecule has 0 bridgehead atoms. The van der Waals surface area contributed by atoms with E-state index < -0.39 is 0 Å². The number of nitrogens with one attached hydrogen (secondary N) is 1. The van der Waals surface area contributed by atoms with Gasteiger partial charge in [-0.25, -0.2) is 0 Å². The molecule has 1 aromatic carbocycles. The molecule has 0 aliphatic rings. The molecule has 0 saturated carbocycles. The Bertz CT molecular complexity index is 367. The Labute approximate surface area is 124 Å². The van der Waals surface area contributed by atoms with E-state index in [1.165, 1.54) is 5.56 Å². The molecule has 0 aromatic heterocycles. The Morgan fingerprint density at radius 2 is 1.94 bits per heavy atom. The Kier molecular flexibility index (Phi) is 6.47. The van der Waals surface area contributed by atoms with Crippen LogP contribution in [0.15, 0.2) is 41.4 Å². The summed E-state index contributed by atoms with van der Waals surface area (Å²) < 4.78 is 4.93. The quantitative estimate of drug-likeness (QED) is 0.547. The van der Waals surface area contributed by atoms with Gasteiger partial charge >= 0.3 is 0 Å². The Balaban J connectivity index is 2.71. The van der Waals surface area contributed by atoms with Crippen LogP contribution >= 0.6 is 27.9 Å². The minimum Gasteiger partial charge on any atom is -0.256 e. The van der Waals surface area contributed by atoms with Crippen LogP contribution in [0.25, 0.3) is 0 Å². The molecule has 3 heteroatoms. The van der Waals surface area contributed by atoms with Gasteiger partial charge in [0, 0.05) is 15.3 Å². The van der Waals surface area contributed by atoms with Gasteiger partial charge in [-0.3, -0.25) is 4.72 Å². The second-order valence-corrected chi connectivity index (χ2v) is 7.88. The molecule has 18 heavy (non-hydrogen) atoms. The highest BCUT2D eigenvalue weighted by Crippen LogP contribution is 2.28. The van der Waals surface area contributed by atoms with E-state index in [4.69, 9.17) is 0 Å². The summed E-state index contributed by atoms with van der Waals surface area (Å²) in [6, 6.07) is 8.92. The smallest absolute Gasteiger partial charge is 0.0424 e. The van der Waals surface area contributed by atoms with Crippen LogP contribution in [0.1, 0.15) is 45.2 Å². The largest absolute Gasteiger partial charge is 0.256 e. The van der Waals surface area contributed by atoms with Gasteiger partial charge in [0.2, 0.25) is 0 Å². The van der Waals surface area contributed by atoms with Crippen LogP contribution in [0.4, 0.5) is 0 Å². The zero-order valence-corrected chi connectivity index (χ0v) is 13.8. The van der Waals surface area contributed by atoms with Crippen molar-refractivity contribution < 1.29 is 0 Å². The van der Waals surface area contributed by atoms with E-state index in [0.29, 0.717) is 6.04 Å². The van der Waals surface area contributed by atoms with Crippen LogP contribution in [0.3, 0.4) is 0 Å². The van der Waals surface area contributed by atoms with Gasteiger partial charge < -0.3 is 0 Å². The normalized spacial score (nSPS) is 13.3.